The second kappa shape index (κ2) is 9.22. The molecule has 1 atom stereocenters. The van der Waals surface area contributed by atoms with Gasteiger partial charge in [-0.05, 0) is 47.7 Å². The molecular weight excluding hydrogens is 333 g/mol. The van der Waals surface area contributed by atoms with E-state index in [1.807, 2.05) is 32.0 Å². The van der Waals surface area contributed by atoms with Crippen LogP contribution in [0.4, 0.5) is 4.39 Å². The maximum atomic E-state index is 12.9. The van der Waals surface area contributed by atoms with Crippen molar-refractivity contribution in [2.75, 3.05) is 20.8 Å². The van der Waals surface area contributed by atoms with Gasteiger partial charge in [-0.25, -0.2) is 4.39 Å². The highest BCUT2D eigenvalue weighted by atomic mass is 19.1. The molecule has 0 aliphatic heterocycles. The quantitative estimate of drug-likeness (QED) is 0.777. The zero-order chi connectivity index (χ0) is 19.1. The van der Waals surface area contributed by atoms with Crippen LogP contribution in [0.15, 0.2) is 42.5 Å². The third-order valence-corrected chi connectivity index (χ3v) is 4.34. The number of hydrogen-bond donors (Lipinski definition) is 1. The number of carbonyl (C=O) groups excluding carboxylic acids is 1. The molecule has 0 aliphatic rings. The van der Waals surface area contributed by atoms with Crippen molar-refractivity contribution in [3.8, 4) is 11.5 Å². The lowest BCUT2D eigenvalue weighted by Crippen LogP contribution is -2.33. The van der Waals surface area contributed by atoms with Crippen molar-refractivity contribution in [2.24, 2.45) is 5.92 Å². The topological polar surface area (TPSA) is 47.6 Å². The summed E-state index contributed by atoms with van der Waals surface area (Å²) in [5.74, 6) is 0.785. The number of hydrogen-bond acceptors (Lipinski definition) is 3. The van der Waals surface area contributed by atoms with Crippen LogP contribution < -0.4 is 14.8 Å². The van der Waals surface area contributed by atoms with Crippen LogP contribution in [-0.2, 0) is 11.2 Å². The molecule has 2 aromatic carbocycles. The van der Waals surface area contributed by atoms with Crippen molar-refractivity contribution in [1.82, 2.24) is 5.32 Å². The van der Waals surface area contributed by atoms with Crippen LogP contribution in [0.1, 0.15) is 30.9 Å². The highest BCUT2D eigenvalue weighted by Gasteiger charge is 2.25. The van der Waals surface area contributed by atoms with Crippen molar-refractivity contribution in [3.05, 3.63) is 59.4 Å². The molecule has 0 saturated heterocycles. The standard InChI is InChI=1S/C21H26FNO3/c1-14(2)20(16-7-10-18(25-3)19(13-16)26-4)21(24)23-12-11-15-5-8-17(22)9-6-15/h5-10,13-14,20H,11-12H2,1-4H3,(H,23,24). The van der Waals surface area contributed by atoms with Gasteiger partial charge in [0.2, 0.25) is 5.91 Å². The van der Waals surface area contributed by atoms with Gasteiger partial charge in [-0.2, -0.15) is 0 Å². The molecule has 1 amide bonds. The lowest BCUT2D eigenvalue weighted by atomic mass is 9.87. The summed E-state index contributed by atoms with van der Waals surface area (Å²) in [7, 11) is 3.16. The van der Waals surface area contributed by atoms with E-state index in [2.05, 4.69) is 5.32 Å². The van der Waals surface area contributed by atoms with Gasteiger partial charge in [-0.3, -0.25) is 4.79 Å². The SMILES string of the molecule is COc1ccc(C(C(=O)NCCc2ccc(F)cc2)C(C)C)cc1OC. The second-order valence-electron chi connectivity index (χ2n) is 6.50. The number of rotatable bonds is 8. The Balaban J connectivity index is 2.06. The predicted octanol–water partition coefficient (Wildman–Crippen LogP) is 3.94. The van der Waals surface area contributed by atoms with Crippen LogP contribution in [0.2, 0.25) is 0 Å². The lowest BCUT2D eigenvalue weighted by Gasteiger charge is -2.22. The average molecular weight is 359 g/mol. The molecule has 2 rings (SSSR count). The van der Waals surface area contributed by atoms with Gasteiger partial charge in [0.05, 0.1) is 20.1 Å². The number of nitrogens with one attached hydrogen (secondary N) is 1. The Morgan fingerprint density at radius 3 is 2.27 bits per heavy atom. The molecule has 0 aromatic heterocycles. The molecular formula is C21H26FNO3. The first-order valence-electron chi connectivity index (χ1n) is 8.70. The van der Waals surface area contributed by atoms with Crippen molar-refractivity contribution < 1.29 is 18.7 Å². The summed E-state index contributed by atoms with van der Waals surface area (Å²) in [6, 6.07) is 11.9. The molecule has 1 N–H and O–H groups in total. The number of benzene rings is 2. The first-order valence-corrected chi connectivity index (χ1v) is 8.70. The first-order chi connectivity index (χ1) is 12.5. The molecule has 26 heavy (non-hydrogen) atoms. The normalized spacial score (nSPS) is 11.9. The van der Waals surface area contributed by atoms with E-state index in [-0.39, 0.29) is 23.6 Å². The minimum atomic E-state index is -0.289. The lowest BCUT2D eigenvalue weighted by molar-refractivity contribution is -0.123. The van der Waals surface area contributed by atoms with E-state index in [1.165, 1.54) is 12.1 Å². The van der Waals surface area contributed by atoms with Gasteiger partial charge in [0, 0.05) is 6.54 Å². The molecule has 2 aromatic rings. The summed E-state index contributed by atoms with van der Waals surface area (Å²) in [5.41, 5.74) is 1.87. The van der Waals surface area contributed by atoms with Gasteiger partial charge in [0.25, 0.3) is 0 Å². The van der Waals surface area contributed by atoms with E-state index >= 15 is 0 Å². The number of ether oxygens (including phenoxy) is 2. The van der Waals surface area contributed by atoms with Crippen LogP contribution in [0, 0.1) is 11.7 Å². The van der Waals surface area contributed by atoms with E-state index in [0.717, 1.165) is 11.1 Å². The third-order valence-electron chi connectivity index (χ3n) is 4.34. The van der Waals surface area contributed by atoms with Crippen molar-refractivity contribution in [3.63, 3.8) is 0 Å². The Morgan fingerprint density at radius 1 is 1.04 bits per heavy atom. The summed E-state index contributed by atoms with van der Waals surface area (Å²) >= 11 is 0. The van der Waals surface area contributed by atoms with Gasteiger partial charge in [0.1, 0.15) is 5.82 Å². The molecule has 0 aliphatic carbocycles. The summed E-state index contributed by atoms with van der Waals surface area (Å²) in [6.45, 7) is 4.53. The van der Waals surface area contributed by atoms with Crippen LogP contribution in [0.3, 0.4) is 0 Å². The van der Waals surface area contributed by atoms with Gasteiger partial charge >= 0.3 is 0 Å². The summed E-state index contributed by atoms with van der Waals surface area (Å²) < 4.78 is 23.6. The molecule has 0 heterocycles. The third kappa shape index (κ3) is 4.97. The van der Waals surface area contributed by atoms with Gasteiger partial charge < -0.3 is 14.8 Å². The largest absolute Gasteiger partial charge is 0.493 e. The average Bonchev–Trinajstić information content (AvgIpc) is 2.63. The molecule has 5 heteroatoms. The molecule has 0 saturated carbocycles. The van der Waals surface area contributed by atoms with E-state index < -0.39 is 0 Å². The Bertz CT molecular complexity index is 729. The molecule has 0 radical (unpaired) electrons. The van der Waals surface area contributed by atoms with Gasteiger partial charge in [0.15, 0.2) is 11.5 Å². The monoisotopic (exact) mass is 359 g/mol. The molecule has 0 fully saturated rings. The molecule has 4 nitrogen and oxygen atoms in total. The van der Waals surface area contributed by atoms with E-state index in [9.17, 15) is 9.18 Å². The van der Waals surface area contributed by atoms with Gasteiger partial charge in [-0.15, -0.1) is 0 Å². The predicted molar refractivity (Wildman–Crippen MR) is 100 cm³/mol. The summed E-state index contributed by atoms with van der Waals surface area (Å²) in [4.78, 5) is 12.7. The Hall–Kier alpha value is -2.56. The fraction of sp³-hybridized carbons (Fsp3) is 0.381. The van der Waals surface area contributed by atoms with Crippen LogP contribution in [0.5, 0.6) is 11.5 Å². The Morgan fingerprint density at radius 2 is 1.69 bits per heavy atom. The van der Waals surface area contributed by atoms with Crippen LogP contribution >= 0.6 is 0 Å². The summed E-state index contributed by atoms with van der Waals surface area (Å²) in [5, 5.41) is 2.99. The van der Waals surface area contributed by atoms with Crippen molar-refractivity contribution in [1.29, 1.82) is 0 Å². The smallest absolute Gasteiger partial charge is 0.227 e. The minimum absolute atomic E-state index is 0.0330. The summed E-state index contributed by atoms with van der Waals surface area (Å²) in [6.07, 6.45) is 0.656. The fourth-order valence-corrected chi connectivity index (χ4v) is 2.98. The number of halogens is 1. The van der Waals surface area contributed by atoms with Crippen LogP contribution in [0.25, 0.3) is 0 Å². The van der Waals surface area contributed by atoms with Crippen molar-refractivity contribution >= 4 is 5.91 Å². The Kier molecular flexibility index (Phi) is 7.01. The maximum Gasteiger partial charge on any atom is 0.227 e. The van der Waals surface area contributed by atoms with E-state index in [4.69, 9.17) is 9.47 Å². The van der Waals surface area contributed by atoms with E-state index in [0.29, 0.717) is 24.5 Å². The fourth-order valence-electron chi connectivity index (χ4n) is 2.98. The highest BCUT2D eigenvalue weighted by Crippen LogP contribution is 2.33. The Labute approximate surface area is 154 Å². The molecule has 1 unspecified atom stereocenters. The number of amides is 1. The zero-order valence-corrected chi connectivity index (χ0v) is 15.7. The minimum Gasteiger partial charge on any atom is -0.493 e. The first kappa shape index (κ1) is 19.8. The zero-order valence-electron chi connectivity index (χ0n) is 15.7. The van der Waals surface area contributed by atoms with E-state index in [1.54, 1.807) is 26.4 Å². The molecule has 140 valence electrons. The number of methoxy groups -OCH3 is 2. The number of carbonyl (C=O) groups is 1. The van der Waals surface area contributed by atoms with Gasteiger partial charge in [-0.1, -0.05) is 32.0 Å². The molecule has 0 spiro atoms. The second-order valence-corrected chi connectivity index (χ2v) is 6.50. The maximum absolute atomic E-state index is 12.9. The highest BCUT2D eigenvalue weighted by molar-refractivity contribution is 5.84. The van der Waals surface area contributed by atoms with Crippen LogP contribution in [-0.4, -0.2) is 26.7 Å². The molecule has 0 bridgehead atoms. The van der Waals surface area contributed by atoms with Crippen molar-refractivity contribution in [2.45, 2.75) is 26.2 Å².